The number of carboxylic acids is 1. The van der Waals surface area contributed by atoms with Crippen LogP contribution in [0.5, 0.6) is 5.75 Å². The summed E-state index contributed by atoms with van der Waals surface area (Å²) in [6, 6.07) is 6.42. The fourth-order valence-corrected chi connectivity index (χ4v) is 2.52. The molecule has 0 radical (unpaired) electrons. The highest BCUT2D eigenvalue weighted by atomic mass is 16.5. The second-order valence-electron chi connectivity index (χ2n) is 5.92. The first-order valence-corrected chi connectivity index (χ1v) is 8.45. The number of ether oxygens (including phenoxy) is 2. The van der Waals surface area contributed by atoms with Crippen LogP contribution >= 0.6 is 0 Å². The molecule has 1 aliphatic rings. The first kappa shape index (κ1) is 18.3. The minimum Gasteiger partial charge on any atom is -0.491 e. The number of carbonyl (C=O) groups is 1. The van der Waals surface area contributed by atoms with E-state index >= 15 is 0 Å². The van der Waals surface area contributed by atoms with Gasteiger partial charge in [0.05, 0.1) is 6.61 Å². The van der Waals surface area contributed by atoms with Crippen LogP contribution in [0.25, 0.3) is 0 Å². The van der Waals surface area contributed by atoms with Crippen molar-refractivity contribution < 1.29 is 19.4 Å². The third-order valence-electron chi connectivity index (χ3n) is 3.90. The van der Waals surface area contributed by atoms with E-state index in [4.69, 9.17) is 20.3 Å². The van der Waals surface area contributed by atoms with Crippen molar-refractivity contribution >= 4 is 5.97 Å². The van der Waals surface area contributed by atoms with Gasteiger partial charge in [0.15, 0.2) is 0 Å². The van der Waals surface area contributed by atoms with Crippen molar-refractivity contribution in [1.29, 1.82) is 0 Å². The molecule has 0 amide bonds. The standard InChI is InChI=1S/C19H25NO4/c20-18(19(21)22)14-15-8-10-17(11-9-15)24-13-12-23-16-6-4-2-1-3-5-7-16/h8-11,16,18H,1-4,6,12-14,20H2,(H,21,22)/t16?,18-/m0/s1. The molecule has 2 rings (SSSR count). The molecule has 0 spiro atoms. The van der Waals surface area contributed by atoms with Crippen molar-refractivity contribution in [3.05, 3.63) is 29.8 Å². The zero-order valence-electron chi connectivity index (χ0n) is 13.9. The molecule has 0 aromatic heterocycles. The van der Waals surface area contributed by atoms with E-state index in [0.717, 1.165) is 24.2 Å². The van der Waals surface area contributed by atoms with Gasteiger partial charge in [0, 0.05) is 6.42 Å². The van der Waals surface area contributed by atoms with Crippen LogP contribution in [0.2, 0.25) is 0 Å². The summed E-state index contributed by atoms with van der Waals surface area (Å²) < 4.78 is 11.4. The molecule has 1 aliphatic carbocycles. The molecule has 0 aliphatic heterocycles. The highest BCUT2D eigenvalue weighted by Gasteiger charge is 2.12. The second kappa shape index (κ2) is 9.96. The second-order valence-corrected chi connectivity index (χ2v) is 5.92. The molecular formula is C19H25NO4. The normalized spacial score (nSPS) is 18.6. The predicted octanol–water partition coefficient (Wildman–Crippen LogP) is 2.37. The number of hydrogen-bond acceptors (Lipinski definition) is 4. The minimum absolute atomic E-state index is 0.0220. The van der Waals surface area contributed by atoms with E-state index in [-0.39, 0.29) is 6.10 Å². The molecule has 5 nitrogen and oxygen atoms in total. The SMILES string of the molecule is N[C@@H](Cc1ccc(OCCOC2C#CCCCCC2)cc1)C(=O)O. The molecule has 0 fully saturated rings. The highest BCUT2D eigenvalue weighted by molar-refractivity contribution is 5.73. The van der Waals surface area contributed by atoms with E-state index in [0.29, 0.717) is 19.6 Å². The number of aliphatic carboxylic acids is 1. The van der Waals surface area contributed by atoms with E-state index in [1.54, 1.807) is 0 Å². The van der Waals surface area contributed by atoms with Crippen molar-refractivity contribution in [2.75, 3.05) is 13.2 Å². The highest BCUT2D eigenvalue weighted by Crippen LogP contribution is 2.14. The van der Waals surface area contributed by atoms with Gasteiger partial charge in [-0.2, -0.15) is 0 Å². The first-order valence-electron chi connectivity index (χ1n) is 8.45. The van der Waals surface area contributed by atoms with Gasteiger partial charge in [-0.15, -0.1) is 5.92 Å². The van der Waals surface area contributed by atoms with E-state index in [1.807, 2.05) is 24.3 Å². The minimum atomic E-state index is -0.996. The molecule has 130 valence electrons. The fourth-order valence-electron chi connectivity index (χ4n) is 2.52. The Labute approximate surface area is 143 Å². The molecule has 0 bridgehead atoms. The monoisotopic (exact) mass is 331 g/mol. The quantitative estimate of drug-likeness (QED) is 0.564. The van der Waals surface area contributed by atoms with Crippen LogP contribution < -0.4 is 10.5 Å². The third kappa shape index (κ3) is 6.61. The van der Waals surface area contributed by atoms with Crippen LogP contribution in [0.15, 0.2) is 24.3 Å². The third-order valence-corrected chi connectivity index (χ3v) is 3.90. The topological polar surface area (TPSA) is 81.8 Å². The van der Waals surface area contributed by atoms with E-state index in [9.17, 15) is 4.79 Å². The number of nitrogens with two attached hydrogens (primary N) is 1. The van der Waals surface area contributed by atoms with Crippen molar-refractivity contribution in [3.63, 3.8) is 0 Å². The summed E-state index contributed by atoms with van der Waals surface area (Å²) in [6.07, 6.45) is 5.87. The predicted molar refractivity (Wildman–Crippen MR) is 91.9 cm³/mol. The Morgan fingerprint density at radius 1 is 1.25 bits per heavy atom. The van der Waals surface area contributed by atoms with Gasteiger partial charge in [0.1, 0.15) is 24.5 Å². The molecule has 1 aromatic rings. The van der Waals surface area contributed by atoms with Crippen molar-refractivity contribution in [2.24, 2.45) is 5.73 Å². The zero-order valence-corrected chi connectivity index (χ0v) is 13.9. The van der Waals surface area contributed by atoms with Gasteiger partial charge in [0.2, 0.25) is 0 Å². The zero-order chi connectivity index (χ0) is 17.2. The number of benzene rings is 1. The molecule has 0 saturated carbocycles. The van der Waals surface area contributed by atoms with E-state index in [2.05, 4.69) is 11.8 Å². The van der Waals surface area contributed by atoms with Gasteiger partial charge in [0.25, 0.3) is 0 Å². The maximum atomic E-state index is 10.7. The Morgan fingerprint density at radius 3 is 2.79 bits per heavy atom. The Balaban J connectivity index is 1.69. The van der Waals surface area contributed by atoms with E-state index in [1.165, 1.54) is 19.3 Å². The van der Waals surface area contributed by atoms with Crippen molar-refractivity contribution in [3.8, 4) is 17.6 Å². The van der Waals surface area contributed by atoms with Crippen molar-refractivity contribution in [1.82, 2.24) is 0 Å². The summed E-state index contributed by atoms with van der Waals surface area (Å²) in [6.45, 7) is 0.969. The van der Waals surface area contributed by atoms with E-state index < -0.39 is 12.0 Å². The van der Waals surface area contributed by atoms with Gasteiger partial charge in [-0.3, -0.25) is 4.79 Å². The number of carboxylic acid groups (broad SMARTS) is 1. The maximum absolute atomic E-state index is 10.7. The Bertz CT molecular complexity index is 573. The number of hydrogen-bond donors (Lipinski definition) is 2. The Morgan fingerprint density at radius 2 is 2.04 bits per heavy atom. The molecule has 0 heterocycles. The number of rotatable bonds is 8. The average molecular weight is 331 g/mol. The van der Waals surface area contributed by atoms with Gasteiger partial charge in [-0.25, -0.2) is 0 Å². The lowest BCUT2D eigenvalue weighted by Crippen LogP contribution is -2.32. The van der Waals surface area contributed by atoms with Crippen LogP contribution in [0, 0.1) is 11.8 Å². The lowest BCUT2D eigenvalue weighted by Gasteiger charge is -2.14. The van der Waals surface area contributed by atoms with Gasteiger partial charge >= 0.3 is 5.97 Å². The summed E-state index contributed by atoms with van der Waals surface area (Å²) in [7, 11) is 0. The molecule has 3 N–H and O–H groups in total. The van der Waals surface area contributed by atoms with Gasteiger partial charge in [-0.05, 0) is 43.4 Å². The van der Waals surface area contributed by atoms with Gasteiger partial charge < -0.3 is 20.3 Å². The Hall–Kier alpha value is -2.03. The summed E-state index contributed by atoms with van der Waals surface area (Å²) in [5.74, 6) is 6.06. The summed E-state index contributed by atoms with van der Waals surface area (Å²) in [4.78, 5) is 10.7. The molecule has 24 heavy (non-hydrogen) atoms. The fraction of sp³-hybridized carbons (Fsp3) is 0.526. The molecule has 0 saturated heterocycles. The maximum Gasteiger partial charge on any atom is 0.320 e. The first-order chi connectivity index (χ1) is 11.6. The average Bonchev–Trinajstić information content (AvgIpc) is 2.54. The van der Waals surface area contributed by atoms with Crippen molar-refractivity contribution in [2.45, 2.75) is 50.7 Å². The smallest absolute Gasteiger partial charge is 0.320 e. The summed E-state index contributed by atoms with van der Waals surface area (Å²) >= 11 is 0. The van der Waals surface area contributed by atoms with Crippen LogP contribution in [-0.4, -0.2) is 36.4 Å². The van der Waals surface area contributed by atoms with Crippen LogP contribution in [0.3, 0.4) is 0 Å². The molecule has 1 aromatic carbocycles. The van der Waals surface area contributed by atoms with Crippen LogP contribution in [0.4, 0.5) is 0 Å². The lowest BCUT2D eigenvalue weighted by molar-refractivity contribution is -0.138. The summed E-state index contributed by atoms with van der Waals surface area (Å²) in [5, 5.41) is 8.81. The Kier molecular flexibility index (Phi) is 7.60. The van der Waals surface area contributed by atoms with Crippen LogP contribution in [0.1, 0.15) is 37.7 Å². The lowest BCUT2D eigenvalue weighted by atomic mass is 10.1. The molecule has 1 unspecified atom stereocenters. The molecule has 2 atom stereocenters. The summed E-state index contributed by atoms with van der Waals surface area (Å²) in [5.41, 5.74) is 6.39. The van der Waals surface area contributed by atoms with Gasteiger partial charge in [-0.1, -0.05) is 24.5 Å². The van der Waals surface area contributed by atoms with Crippen LogP contribution in [-0.2, 0) is 16.0 Å². The molecular weight excluding hydrogens is 306 g/mol. The molecule has 5 heteroatoms. The largest absolute Gasteiger partial charge is 0.491 e.